The molecule has 1 atom stereocenters. The van der Waals surface area contributed by atoms with E-state index >= 15 is 0 Å². The van der Waals surface area contributed by atoms with Crippen molar-refractivity contribution in [1.82, 2.24) is 0 Å². The number of aliphatic hydroxyl groups is 1. The fourth-order valence-electron chi connectivity index (χ4n) is 0.885. The van der Waals surface area contributed by atoms with Crippen LogP contribution in [0.15, 0.2) is 0 Å². The fraction of sp³-hybridized carbons (Fsp3) is 0.800. The summed E-state index contributed by atoms with van der Waals surface area (Å²) in [6.45, 7) is 1.47. The second-order valence-corrected chi connectivity index (χ2v) is 2.82. The van der Waals surface area contributed by atoms with E-state index in [-0.39, 0.29) is 0 Å². The van der Waals surface area contributed by atoms with Crippen molar-refractivity contribution in [3.63, 3.8) is 0 Å². The van der Waals surface area contributed by atoms with Crippen LogP contribution in [0.3, 0.4) is 0 Å². The minimum atomic E-state index is -0.398. The Bertz CT molecular complexity index is 140. The van der Waals surface area contributed by atoms with Gasteiger partial charge in [-0.2, -0.15) is 0 Å². The van der Waals surface area contributed by atoms with Crippen molar-refractivity contribution in [2.24, 2.45) is 0 Å². The standard InChI is InChI=1S/C10H18O3/c1-3-4-5-6-10(11)9-13-8-7-12-2/h1,10-11H,4-9H2,2H3. The SMILES string of the molecule is C#CCCCC(O)COCCOC. The first-order chi connectivity index (χ1) is 6.31. The molecule has 1 N–H and O–H groups in total. The fourth-order valence-corrected chi connectivity index (χ4v) is 0.885. The average Bonchev–Trinajstić information content (AvgIpc) is 2.13. The van der Waals surface area contributed by atoms with Gasteiger partial charge in [0.15, 0.2) is 0 Å². The highest BCUT2D eigenvalue weighted by Crippen LogP contribution is 2.00. The smallest absolute Gasteiger partial charge is 0.0774 e. The molecular weight excluding hydrogens is 168 g/mol. The molecule has 0 rings (SSSR count). The van der Waals surface area contributed by atoms with Gasteiger partial charge in [0.05, 0.1) is 25.9 Å². The quantitative estimate of drug-likeness (QED) is 0.450. The van der Waals surface area contributed by atoms with Crippen molar-refractivity contribution in [1.29, 1.82) is 0 Å². The summed E-state index contributed by atoms with van der Waals surface area (Å²) in [6.07, 6.45) is 6.95. The zero-order valence-corrected chi connectivity index (χ0v) is 8.16. The summed E-state index contributed by atoms with van der Waals surface area (Å²) in [5, 5.41) is 9.34. The van der Waals surface area contributed by atoms with E-state index < -0.39 is 6.10 Å². The number of aliphatic hydroxyl groups excluding tert-OH is 1. The lowest BCUT2D eigenvalue weighted by Gasteiger charge is -2.09. The summed E-state index contributed by atoms with van der Waals surface area (Å²) in [4.78, 5) is 0. The van der Waals surface area contributed by atoms with Gasteiger partial charge in [-0.25, -0.2) is 0 Å². The van der Waals surface area contributed by atoms with Crippen molar-refractivity contribution < 1.29 is 14.6 Å². The predicted octanol–water partition coefficient (Wildman–Crippen LogP) is 0.814. The van der Waals surface area contributed by atoms with E-state index in [1.54, 1.807) is 7.11 Å². The molecule has 0 amide bonds. The van der Waals surface area contributed by atoms with E-state index in [9.17, 15) is 5.11 Å². The predicted molar refractivity (Wildman–Crippen MR) is 51.4 cm³/mol. The Kier molecular flexibility index (Phi) is 9.12. The molecule has 0 spiro atoms. The molecule has 0 saturated heterocycles. The summed E-state index contributed by atoms with van der Waals surface area (Å²) in [7, 11) is 1.62. The molecule has 0 fully saturated rings. The first-order valence-electron chi connectivity index (χ1n) is 4.49. The number of terminal acetylenes is 1. The van der Waals surface area contributed by atoms with E-state index in [2.05, 4.69) is 5.92 Å². The maximum atomic E-state index is 9.34. The molecule has 0 aromatic heterocycles. The highest BCUT2D eigenvalue weighted by molar-refractivity contribution is 4.83. The van der Waals surface area contributed by atoms with Gasteiger partial charge < -0.3 is 14.6 Å². The van der Waals surface area contributed by atoms with Crippen LogP contribution in [0.4, 0.5) is 0 Å². The number of unbranched alkanes of at least 4 members (excludes halogenated alkanes) is 1. The molecule has 0 bridgehead atoms. The molecule has 0 heterocycles. The Hall–Kier alpha value is -0.560. The number of hydrogen-bond donors (Lipinski definition) is 1. The van der Waals surface area contributed by atoms with E-state index in [1.165, 1.54) is 0 Å². The van der Waals surface area contributed by atoms with Crippen LogP contribution in [0.25, 0.3) is 0 Å². The van der Waals surface area contributed by atoms with Crippen LogP contribution in [0.5, 0.6) is 0 Å². The Balaban J connectivity index is 3.11. The highest BCUT2D eigenvalue weighted by atomic mass is 16.5. The van der Waals surface area contributed by atoms with Crippen LogP contribution in [0.2, 0.25) is 0 Å². The molecule has 0 aliphatic carbocycles. The van der Waals surface area contributed by atoms with E-state index in [1.807, 2.05) is 0 Å². The Labute approximate surface area is 80.0 Å². The summed E-state index contributed by atoms with van der Waals surface area (Å²) in [5.74, 6) is 2.53. The van der Waals surface area contributed by atoms with Crippen LogP contribution in [-0.4, -0.2) is 38.1 Å². The van der Waals surface area contributed by atoms with Crippen LogP contribution < -0.4 is 0 Å². The summed E-state index contributed by atoms with van der Waals surface area (Å²) in [6, 6.07) is 0. The molecule has 3 nitrogen and oxygen atoms in total. The highest BCUT2D eigenvalue weighted by Gasteiger charge is 2.02. The first-order valence-corrected chi connectivity index (χ1v) is 4.49. The molecular formula is C10H18O3. The van der Waals surface area contributed by atoms with Crippen LogP contribution >= 0.6 is 0 Å². The number of rotatable bonds is 8. The second-order valence-electron chi connectivity index (χ2n) is 2.82. The number of hydrogen-bond acceptors (Lipinski definition) is 3. The van der Waals surface area contributed by atoms with Gasteiger partial charge in [0.1, 0.15) is 0 Å². The van der Waals surface area contributed by atoms with Crippen molar-refractivity contribution in [2.45, 2.75) is 25.4 Å². The van der Waals surface area contributed by atoms with Gasteiger partial charge in [-0.3, -0.25) is 0 Å². The van der Waals surface area contributed by atoms with Gasteiger partial charge in [0.25, 0.3) is 0 Å². The molecule has 76 valence electrons. The topological polar surface area (TPSA) is 38.7 Å². The van der Waals surface area contributed by atoms with Crippen molar-refractivity contribution in [3.8, 4) is 12.3 Å². The molecule has 0 aromatic rings. The molecule has 1 unspecified atom stereocenters. The Morgan fingerprint density at radius 2 is 2.23 bits per heavy atom. The van der Waals surface area contributed by atoms with Crippen molar-refractivity contribution >= 4 is 0 Å². The molecule has 0 aliphatic heterocycles. The van der Waals surface area contributed by atoms with Gasteiger partial charge in [0, 0.05) is 13.5 Å². The van der Waals surface area contributed by atoms with Gasteiger partial charge in [-0.05, 0) is 12.8 Å². The zero-order chi connectivity index (χ0) is 9.94. The largest absolute Gasteiger partial charge is 0.391 e. The first kappa shape index (κ1) is 12.4. The summed E-state index contributed by atoms with van der Waals surface area (Å²) >= 11 is 0. The number of ether oxygens (including phenoxy) is 2. The maximum Gasteiger partial charge on any atom is 0.0774 e. The molecule has 0 saturated carbocycles. The van der Waals surface area contributed by atoms with E-state index in [0.29, 0.717) is 26.2 Å². The van der Waals surface area contributed by atoms with Crippen LogP contribution in [-0.2, 0) is 9.47 Å². The van der Waals surface area contributed by atoms with Gasteiger partial charge in [-0.1, -0.05) is 0 Å². The van der Waals surface area contributed by atoms with Crippen molar-refractivity contribution in [3.05, 3.63) is 0 Å². The van der Waals surface area contributed by atoms with E-state index in [4.69, 9.17) is 15.9 Å². The molecule has 0 aliphatic rings. The zero-order valence-electron chi connectivity index (χ0n) is 8.16. The Morgan fingerprint density at radius 3 is 2.85 bits per heavy atom. The molecule has 13 heavy (non-hydrogen) atoms. The monoisotopic (exact) mass is 186 g/mol. The molecule has 3 heteroatoms. The minimum absolute atomic E-state index is 0.369. The van der Waals surface area contributed by atoms with Crippen LogP contribution in [0, 0.1) is 12.3 Å². The number of methoxy groups -OCH3 is 1. The molecule has 0 aromatic carbocycles. The average molecular weight is 186 g/mol. The maximum absolute atomic E-state index is 9.34. The third-order valence-electron chi connectivity index (χ3n) is 1.60. The lowest BCUT2D eigenvalue weighted by Crippen LogP contribution is -2.16. The normalized spacial score (nSPS) is 12.4. The van der Waals surface area contributed by atoms with Crippen molar-refractivity contribution in [2.75, 3.05) is 26.9 Å². The summed E-state index contributed by atoms with van der Waals surface area (Å²) in [5.41, 5.74) is 0. The van der Waals surface area contributed by atoms with Gasteiger partial charge in [0.2, 0.25) is 0 Å². The summed E-state index contributed by atoms with van der Waals surface area (Å²) < 4.78 is 9.93. The Morgan fingerprint density at radius 1 is 1.46 bits per heavy atom. The lowest BCUT2D eigenvalue weighted by atomic mass is 10.2. The van der Waals surface area contributed by atoms with E-state index in [0.717, 1.165) is 12.8 Å². The van der Waals surface area contributed by atoms with Gasteiger partial charge in [-0.15, -0.1) is 12.3 Å². The lowest BCUT2D eigenvalue weighted by molar-refractivity contribution is 0.00991. The third-order valence-corrected chi connectivity index (χ3v) is 1.60. The van der Waals surface area contributed by atoms with Crippen LogP contribution in [0.1, 0.15) is 19.3 Å². The van der Waals surface area contributed by atoms with Gasteiger partial charge >= 0.3 is 0 Å². The second kappa shape index (κ2) is 9.53. The third kappa shape index (κ3) is 9.35. The molecule has 0 radical (unpaired) electrons. The minimum Gasteiger partial charge on any atom is -0.391 e.